The molecular weight excluding hydrogens is 211 g/mol. The summed E-state index contributed by atoms with van der Waals surface area (Å²) < 4.78 is 0. The van der Waals surface area contributed by atoms with Gasteiger partial charge in [-0.1, -0.05) is 23.2 Å². The van der Waals surface area contributed by atoms with Gasteiger partial charge in [0.25, 0.3) is 0 Å². The van der Waals surface area contributed by atoms with Gasteiger partial charge in [0.1, 0.15) is 5.15 Å². The molecule has 0 saturated carbocycles. The van der Waals surface area contributed by atoms with Crippen molar-refractivity contribution < 1.29 is 5.11 Å². The minimum atomic E-state index is -0.670. The first kappa shape index (κ1) is 10.7. The molecule has 0 aliphatic carbocycles. The number of rotatable bonds is 2. The number of aliphatic hydroxyl groups is 1. The van der Waals surface area contributed by atoms with Gasteiger partial charge in [-0.05, 0) is 18.6 Å². The van der Waals surface area contributed by atoms with Crippen LogP contribution in [0.5, 0.6) is 0 Å². The van der Waals surface area contributed by atoms with Crippen LogP contribution in [0.15, 0.2) is 12.3 Å². The smallest absolute Gasteiger partial charge is 0.129 e. The Morgan fingerprint density at radius 1 is 1.54 bits per heavy atom. The molecule has 1 rings (SSSR count). The number of aromatic nitrogens is 1. The fourth-order valence-corrected chi connectivity index (χ4v) is 1.34. The molecule has 3 nitrogen and oxygen atoms in total. The Balaban J connectivity index is 3.05. The van der Waals surface area contributed by atoms with Crippen molar-refractivity contribution in [2.45, 2.75) is 19.1 Å². The summed E-state index contributed by atoms with van der Waals surface area (Å²) in [6.07, 6.45) is 0.748. The zero-order valence-corrected chi connectivity index (χ0v) is 8.55. The minimum absolute atomic E-state index is 0.315. The molecule has 0 radical (unpaired) electrons. The summed E-state index contributed by atoms with van der Waals surface area (Å²) in [7, 11) is 0. The molecule has 3 N–H and O–H groups in total. The van der Waals surface area contributed by atoms with E-state index in [9.17, 15) is 5.11 Å². The van der Waals surface area contributed by atoms with Crippen LogP contribution in [0.25, 0.3) is 0 Å². The van der Waals surface area contributed by atoms with Crippen molar-refractivity contribution in [3.8, 4) is 0 Å². The second-order valence-electron chi connectivity index (χ2n) is 2.79. The maximum atomic E-state index is 9.24. The predicted octanol–water partition coefficient (Wildman–Crippen LogP) is 1.77. The van der Waals surface area contributed by atoms with Crippen molar-refractivity contribution in [1.82, 2.24) is 4.98 Å². The van der Waals surface area contributed by atoms with Crippen LogP contribution >= 0.6 is 23.2 Å². The van der Waals surface area contributed by atoms with E-state index < -0.39 is 12.1 Å². The molecule has 0 bridgehead atoms. The summed E-state index contributed by atoms with van der Waals surface area (Å²) in [6.45, 7) is 1.59. The molecule has 1 aromatic heterocycles. The molecule has 5 heteroatoms. The predicted molar refractivity (Wildman–Crippen MR) is 52.9 cm³/mol. The topological polar surface area (TPSA) is 59.1 Å². The molecule has 0 saturated heterocycles. The Hall–Kier alpha value is -0.350. The highest BCUT2D eigenvalue weighted by molar-refractivity contribution is 6.32. The van der Waals surface area contributed by atoms with Crippen LogP contribution in [-0.2, 0) is 0 Å². The first-order valence-electron chi connectivity index (χ1n) is 3.77. The van der Waals surface area contributed by atoms with Gasteiger partial charge < -0.3 is 10.8 Å². The van der Waals surface area contributed by atoms with Crippen molar-refractivity contribution in [3.63, 3.8) is 0 Å². The molecule has 0 aliphatic rings. The van der Waals surface area contributed by atoms with Crippen molar-refractivity contribution in [2.24, 2.45) is 5.73 Å². The number of nitrogens with two attached hydrogens (primary N) is 1. The van der Waals surface area contributed by atoms with Crippen molar-refractivity contribution in [3.05, 3.63) is 28.0 Å². The van der Waals surface area contributed by atoms with E-state index in [0.717, 1.165) is 0 Å². The van der Waals surface area contributed by atoms with E-state index >= 15 is 0 Å². The number of aliphatic hydroxyl groups excluding tert-OH is 1. The van der Waals surface area contributed by atoms with E-state index in [2.05, 4.69) is 4.98 Å². The Morgan fingerprint density at radius 3 is 2.69 bits per heavy atom. The lowest BCUT2D eigenvalue weighted by molar-refractivity contribution is 0.164. The van der Waals surface area contributed by atoms with Crippen LogP contribution in [0.3, 0.4) is 0 Å². The average Bonchev–Trinajstić information content (AvgIpc) is 2.08. The minimum Gasteiger partial charge on any atom is -0.391 e. The van der Waals surface area contributed by atoms with Crippen LogP contribution < -0.4 is 5.73 Å². The van der Waals surface area contributed by atoms with Crippen LogP contribution in [0.4, 0.5) is 0 Å². The van der Waals surface area contributed by atoms with Gasteiger partial charge in [-0.2, -0.15) is 0 Å². The first-order valence-corrected chi connectivity index (χ1v) is 4.52. The molecule has 0 aliphatic heterocycles. The van der Waals surface area contributed by atoms with E-state index in [1.165, 1.54) is 6.20 Å². The maximum Gasteiger partial charge on any atom is 0.129 e. The van der Waals surface area contributed by atoms with Gasteiger partial charge in [-0.25, -0.2) is 4.98 Å². The van der Waals surface area contributed by atoms with Crippen molar-refractivity contribution in [2.75, 3.05) is 0 Å². The number of halogens is 2. The zero-order valence-electron chi connectivity index (χ0n) is 7.04. The molecule has 2 atom stereocenters. The van der Waals surface area contributed by atoms with Gasteiger partial charge in [-0.15, -0.1) is 0 Å². The lowest BCUT2D eigenvalue weighted by Crippen LogP contribution is -2.23. The molecule has 1 heterocycles. The third-order valence-corrected chi connectivity index (χ3v) is 2.25. The standard InChI is InChI=1S/C8H10Cl2N2O/c1-4(13)8(11)5-2-7(10)12-3-6(5)9/h2-4,8,13H,11H2,1H3/t4-,8-/m0/s1. The van der Waals surface area contributed by atoms with Crippen LogP contribution in [0.2, 0.25) is 10.2 Å². The Kier molecular flexibility index (Phi) is 3.50. The quantitative estimate of drug-likeness (QED) is 0.748. The van der Waals surface area contributed by atoms with E-state index in [-0.39, 0.29) is 0 Å². The largest absolute Gasteiger partial charge is 0.391 e. The maximum absolute atomic E-state index is 9.24. The summed E-state index contributed by atoms with van der Waals surface area (Å²) >= 11 is 11.5. The summed E-state index contributed by atoms with van der Waals surface area (Å²) in [5.41, 5.74) is 6.29. The highest BCUT2D eigenvalue weighted by atomic mass is 35.5. The van der Waals surface area contributed by atoms with Gasteiger partial charge in [0.2, 0.25) is 0 Å². The highest BCUT2D eigenvalue weighted by Crippen LogP contribution is 2.24. The van der Waals surface area contributed by atoms with E-state index in [4.69, 9.17) is 28.9 Å². The van der Waals surface area contributed by atoms with Gasteiger partial charge in [0.15, 0.2) is 0 Å². The molecule has 13 heavy (non-hydrogen) atoms. The normalized spacial score (nSPS) is 15.5. The third kappa shape index (κ3) is 2.54. The van der Waals surface area contributed by atoms with Crippen molar-refractivity contribution >= 4 is 23.2 Å². The summed E-state index contributed by atoms with van der Waals surface area (Å²) in [6, 6.07) is 1.02. The number of pyridine rings is 1. The fourth-order valence-electron chi connectivity index (χ4n) is 0.943. The molecule has 72 valence electrons. The van der Waals surface area contributed by atoms with E-state index in [1.807, 2.05) is 0 Å². The molecular formula is C8H10Cl2N2O. The Bertz CT molecular complexity index is 304. The summed E-state index contributed by atoms with van der Waals surface area (Å²) in [5, 5.41) is 9.97. The SMILES string of the molecule is C[C@H](O)[C@H](N)c1cc(Cl)ncc1Cl. The lowest BCUT2D eigenvalue weighted by Gasteiger charge is -2.16. The van der Waals surface area contributed by atoms with Gasteiger partial charge in [-0.3, -0.25) is 0 Å². The lowest BCUT2D eigenvalue weighted by atomic mass is 10.1. The van der Waals surface area contributed by atoms with Crippen LogP contribution in [0, 0.1) is 0 Å². The second-order valence-corrected chi connectivity index (χ2v) is 3.59. The second kappa shape index (κ2) is 4.24. The van der Waals surface area contributed by atoms with Gasteiger partial charge in [0.05, 0.1) is 17.2 Å². The van der Waals surface area contributed by atoms with Gasteiger partial charge >= 0.3 is 0 Å². The molecule has 0 aromatic carbocycles. The monoisotopic (exact) mass is 220 g/mol. The zero-order chi connectivity index (χ0) is 10.0. The summed E-state index contributed by atoms with van der Waals surface area (Å²) in [4.78, 5) is 3.78. The van der Waals surface area contributed by atoms with Crippen LogP contribution in [0.1, 0.15) is 18.5 Å². The molecule has 0 fully saturated rings. The third-order valence-electron chi connectivity index (χ3n) is 1.73. The Labute approximate surface area is 86.5 Å². The molecule has 0 amide bonds. The average molecular weight is 221 g/mol. The number of nitrogens with zero attached hydrogens (tertiary/aromatic N) is 1. The van der Waals surface area contributed by atoms with E-state index in [1.54, 1.807) is 13.0 Å². The molecule has 0 spiro atoms. The molecule has 1 aromatic rings. The van der Waals surface area contributed by atoms with Gasteiger partial charge in [0, 0.05) is 6.20 Å². The molecule has 0 unspecified atom stereocenters. The number of hydrogen-bond acceptors (Lipinski definition) is 3. The highest BCUT2D eigenvalue weighted by Gasteiger charge is 2.15. The number of hydrogen-bond donors (Lipinski definition) is 2. The fraction of sp³-hybridized carbons (Fsp3) is 0.375. The van der Waals surface area contributed by atoms with E-state index in [0.29, 0.717) is 15.7 Å². The Morgan fingerprint density at radius 2 is 2.15 bits per heavy atom. The van der Waals surface area contributed by atoms with Crippen molar-refractivity contribution in [1.29, 1.82) is 0 Å². The van der Waals surface area contributed by atoms with Crippen LogP contribution in [-0.4, -0.2) is 16.2 Å². The summed E-state index contributed by atoms with van der Waals surface area (Å²) in [5.74, 6) is 0. The first-order chi connectivity index (χ1) is 6.02.